The third-order valence-corrected chi connectivity index (χ3v) is 8.73. The van der Waals surface area contributed by atoms with E-state index in [0.717, 1.165) is 0 Å². The lowest BCUT2D eigenvalue weighted by Gasteiger charge is -2.30. The van der Waals surface area contributed by atoms with E-state index in [0.29, 0.717) is 37.6 Å². The van der Waals surface area contributed by atoms with Crippen molar-refractivity contribution in [3.05, 3.63) is 18.2 Å². The number of hydrogen-bond donors (Lipinski definition) is 1. The zero-order valence-electron chi connectivity index (χ0n) is 16.3. The number of carbonyl (C=O) groups is 1. The van der Waals surface area contributed by atoms with E-state index >= 15 is 0 Å². The smallest absolute Gasteiger partial charge is 0.243 e. The molecule has 0 aliphatic carbocycles. The van der Waals surface area contributed by atoms with Crippen LogP contribution in [-0.4, -0.2) is 71.4 Å². The van der Waals surface area contributed by atoms with Crippen LogP contribution in [0.1, 0.15) is 19.8 Å². The molecule has 0 radical (unpaired) electrons. The molecule has 11 heteroatoms. The molecule has 0 bridgehead atoms. The maximum absolute atomic E-state index is 12.9. The van der Waals surface area contributed by atoms with Gasteiger partial charge in [-0.15, -0.1) is 0 Å². The van der Waals surface area contributed by atoms with Crippen LogP contribution in [0.3, 0.4) is 0 Å². The number of sulfonamides is 1. The van der Waals surface area contributed by atoms with Crippen molar-refractivity contribution in [1.82, 2.24) is 9.62 Å². The van der Waals surface area contributed by atoms with Crippen LogP contribution in [0.2, 0.25) is 0 Å². The van der Waals surface area contributed by atoms with Crippen LogP contribution in [0, 0.1) is 5.92 Å². The highest BCUT2D eigenvalue weighted by atomic mass is 32.2. The van der Waals surface area contributed by atoms with Crippen molar-refractivity contribution in [3.63, 3.8) is 0 Å². The Morgan fingerprint density at radius 3 is 2.41 bits per heavy atom. The van der Waals surface area contributed by atoms with Gasteiger partial charge in [0.05, 0.1) is 10.6 Å². The number of fused-ring (bicyclic) bond motifs is 1. The molecule has 9 nitrogen and oxygen atoms in total. The van der Waals surface area contributed by atoms with E-state index in [-0.39, 0.29) is 47.9 Å². The van der Waals surface area contributed by atoms with Crippen LogP contribution in [0.5, 0.6) is 11.5 Å². The number of hydrogen-bond acceptors (Lipinski definition) is 7. The van der Waals surface area contributed by atoms with Crippen LogP contribution in [0.25, 0.3) is 0 Å². The van der Waals surface area contributed by atoms with E-state index < -0.39 is 19.9 Å². The predicted molar refractivity (Wildman–Crippen MR) is 106 cm³/mol. The molecular weight excluding hydrogens is 420 g/mol. The summed E-state index contributed by atoms with van der Waals surface area (Å²) >= 11 is 0. The Hall–Kier alpha value is -1.85. The van der Waals surface area contributed by atoms with Gasteiger partial charge in [0.15, 0.2) is 21.3 Å². The summed E-state index contributed by atoms with van der Waals surface area (Å²) in [7, 11) is -6.83. The largest absolute Gasteiger partial charge is 0.486 e. The number of benzene rings is 1. The lowest BCUT2D eigenvalue weighted by Crippen LogP contribution is -2.43. The molecule has 0 atom stereocenters. The quantitative estimate of drug-likeness (QED) is 0.644. The van der Waals surface area contributed by atoms with Gasteiger partial charge < -0.3 is 14.8 Å². The minimum absolute atomic E-state index is 0.0407. The van der Waals surface area contributed by atoms with E-state index in [1.165, 1.54) is 16.4 Å². The van der Waals surface area contributed by atoms with Gasteiger partial charge in [-0.2, -0.15) is 4.31 Å². The number of carbonyl (C=O) groups excluding carboxylic acids is 1. The Morgan fingerprint density at radius 2 is 1.76 bits per heavy atom. The fourth-order valence-electron chi connectivity index (χ4n) is 3.31. The molecule has 1 aromatic carbocycles. The molecule has 2 heterocycles. The number of nitrogens with zero attached hydrogens (tertiary/aromatic N) is 1. The summed E-state index contributed by atoms with van der Waals surface area (Å²) in [6.45, 7) is 2.89. The number of amides is 1. The summed E-state index contributed by atoms with van der Waals surface area (Å²) in [4.78, 5) is 12.4. The second-order valence-electron chi connectivity index (χ2n) is 7.01. The SMILES string of the molecule is CCS(=O)(=O)CCNC(=O)C1CCN(S(=O)(=O)c2ccc3c(c2)OCCO3)CC1. The van der Waals surface area contributed by atoms with Gasteiger partial charge in [0.1, 0.15) is 13.2 Å². The molecule has 29 heavy (non-hydrogen) atoms. The highest BCUT2D eigenvalue weighted by Crippen LogP contribution is 2.34. The van der Waals surface area contributed by atoms with Gasteiger partial charge in [0.25, 0.3) is 0 Å². The third kappa shape index (κ3) is 5.20. The molecule has 2 aliphatic rings. The monoisotopic (exact) mass is 446 g/mol. The number of rotatable bonds is 7. The first-order chi connectivity index (χ1) is 13.7. The predicted octanol–water partition coefficient (Wildman–Crippen LogP) is 0.409. The van der Waals surface area contributed by atoms with E-state index in [1.54, 1.807) is 13.0 Å². The lowest BCUT2D eigenvalue weighted by molar-refractivity contribution is -0.125. The summed E-state index contributed by atoms with van der Waals surface area (Å²) in [6, 6.07) is 4.55. The lowest BCUT2D eigenvalue weighted by atomic mass is 9.97. The molecule has 1 amide bonds. The average molecular weight is 447 g/mol. The molecule has 2 aliphatic heterocycles. The third-order valence-electron chi connectivity index (χ3n) is 5.13. The Labute approximate surface area is 171 Å². The van der Waals surface area contributed by atoms with Crippen molar-refractivity contribution in [1.29, 1.82) is 0 Å². The van der Waals surface area contributed by atoms with Crippen LogP contribution >= 0.6 is 0 Å². The van der Waals surface area contributed by atoms with Gasteiger partial charge in [-0.05, 0) is 25.0 Å². The van der Waals surface area contributed by atoms with Crippen molar-refractivity contribution in [2.75, 3.05) is 44.4 Å². The van der Waals surface area contributed by atoms with E-state index in [4.69, 9.17) is 9.47 Å². The molecule has 0 saturated carbocycles. The highest BCUT2D eigenvalue weighted by molar-refractivity contribution is 7.91. The molecule has 0 aromatic heterocycles. The first-order valence-corrected chi connectivity index (χ1v) is 12.9. The second-order valence-corrected chi connectivity index (χ2v) is 11.4. The number of ether oxygens (including phenoxy) is 2. The molecular formula is C18H26N2O7S2. The zero-order valence-corrected chi connectivity index (χ0v) is 17.9. The normalized spacial score (nSPS) is 18.4. The summed E-state index contributed by atoms with van der Waals surface area (Å²) < 4.78 is 61.1. The number of piperidine rings is 1. The van der Waals surface area contributed by atoms with Crippen LogP contribution in [0.4, 0.5) is 0 Å². The van der Waals surface area contributed by atoms with Crippen LogP contribution < -0.4 is 14.8 Å². The molecule has 0 unspecified atom stereocenters. The van der Waals surface area contributed by atoms with E-state index in [1.807, 2.05) is 0 Å². The molecule has 1 saturated heterocycles. The maximum atomic E-state index is 12.9. The minimum atomic E-state index is -3.70. The van der Waals surface area contributed by atoms with Crippen LogP contribution in [0.15, 0.2) is 23.1 Å². The molecule has 0 spiro atoms. The Morgan fingerprint density at radius 1 is 1.10 bits per heavy atom. The van der Waals surface area contributed by atoms with Gasteiger partial charge in [-0.3, -0.25) is 4.79 Å². The van der Waals surface area contributed by atoms with Crippen molar-refractivity contribution >= 4 is 25.8 Å². The molecule has 162 valence electrons. The summed E-state index contributed by atoms with van der Waals surface area (Å²) in [5, 5.41) is 2.65. The highest BCUT2D eigenvalue weighted by Gasteiger charge is 2.32. The average Bonchev–Trinajstić information content (AvgIpc) is 2.73. The van der Waals surface area contributed by atoms with Crippen molar-refractivity contribution in [2.24, 2.45) is 5.92 Å². The van der Waals surface area contributed by atoms with Crippen molar-refractivity contribution in [3.8, 4) is 11.5 Å². The zero-order chi connectivity index (χ0) is 21.1. The molecule has 1 aromatic rings. The fraction of sp³-hybridized carbons (Fsp3) is 0.611. The molecule has 3 rings (SSSR count). The van der Waals surface area contributed by atoms with Crippen LogP contribution in [-0.2, 0) is 24.7 Å². The maximum Gasteiger partial charge on any atom is 0.243 e. The number of nitrogens with one attached hydrogen (secondary N) is 1. The standard InChI is InChI=1S/C18H26N2O7S2/c1-2-28(22,23)12-7-19-18(21)14-5-8-20(9-6-14)29(24,25)15-3-4-16-17(13-15)27-11-10-26-16/h3-4,13-14H,2,5-12H2,1H3,(H,19,21). The van der Waals surface area contributed by atoms with E-state index in [2.05, 4.69) is 5.32 Å². The van der Waals surface area contributed by atoms with Gasteiger partial charge in [0, 0.05) is 37.4 Å². The number of sulfone groups is 1. The van der Waals surface area contributed by atoms with Crippen molar-refractivity contribution < 1.29 is 31.1 Å². The van der Waals surface area contributed by atoms with E-state index in [9.17, 15) is 21.6 Å². The first-order valence-electron chi connectivity index (χ1n) is 9.61. The Bertz CT molecular complexity index is 952. The van der Waals surface area contributed by atoms with Gasteiger partial charge in [0.2, 0.25) is 15.9 Å². The van der Waals surface area contributed by atoms with Gasteiger partial charge in [-0.25, -0.2) is 16.8 Å². The van der Waals surface area contributed by atoms with Gasteiger partial charge in [-0.1, -0.05) is 6.92 Å². The fourth-order valence-corrected chi connectivity index (χ4v) is 5.50. The summed E-state index contributed by atoms with van der Waals surface area (Å²) in [5.41, 5.74) is 0. The molecule has 1 fully saturated rings. The first kappa shape index (κ1) is 21.8. The van der Waals surface area contributed by atoms with Crippen molar-refractivity contribution in [2.45, 2.75) is 24.7 Å². The van der Waals surface area contributed by atoms with Gasteiger partial charge >= 0.3 is 0 Å². The Balaban J connectivity index is 1.56. The minimum Gasteiger partial charge on any atom is -0.486 e. The Kier molecular flexibility index (Phi) is 6.69. The summed E-state index contributed by atoms with van der Waals surface area (Å²) in [6.07, 6.45) is 0.770. The second kappa shape index (κ2) is 8.88. The topological polar surface area (TPSA) is 119 Å². The summed E-state index contributed by atoms with van der Waals surface area (Å²) in [5.74, 6) is 0.328. The molecule has 1 N–H and O–H groups in total.